The number of benzene rings is 6. The average Bonchev–Trinajstić information content (AvgIpc) is 0.781. The van der Waals surface area contributed by atoms with Gasteiger partial charge in [0.15, 0.2) is 23.9 Å². The summed E-state index contributed by atoms with van der Waals surface area (Å²) in [5, 5.41) is 144. The molecule has 13 rings (SSSR count). The van der Waals surface area contributed by atoms with Gasteiger partial charge in [0, 0.05) is 35.7 Å². The smallest absolute Gasteiger partial charge is 0.322 e. The van der Waals surface area contributed by atoms with Gasteiger partial charge in [0.1, 0.15) is 114 Å². The molecule has 2 fully saturated rings. The molecule has 18 atom stereocenters. The number of aliphatic hydroxyl groups excluding tert-OH is 7. The Morgan fingerprint density at radius 1 is 0.728 bits per heavy atom. The third-order valence-corrected chi connectivity index (χ3v) is 20.1. The van der Waals surface area contributed by atoms with E-state index in [-0.39, 0.29) is 24.1 Å². The summed E-state index contributed by atoms with van der Waals surface area (Å²) in [6.07, 6.45) is -17.1. The Morgan fingerprint density at radius 3 is 2.02 bits per heavy atom. The van der Waals surface area contributed by atoms with Crippen molar-refractivity contribution in [3.05, 3.63) is 159 Å². The number of aliphatic carboxylic acids is 1. The summed E-state index contributed by atoms with van der Waals surface area (Å²) in [5.74, 6) is -17.6. The van der Waals surface area contributed by atoms with Gasteiger partial charge in [0.2, 0.25) is 59.3 Å². The highest BCUT2D eigenvalue weighted by Crippen LogP contribution is 2.50. The number of phenols is 3. The number of carboxylic acid groups (broad SMARTS) is 1. The van der Waals surface area contributed by atoms with Crippen molar-refractivity contribution in [3.63, 3.8) is 0 Å². The normalized spacial score (nSPS) is 27.2. The van der Waals surface area contributed by atoms with Gasteiger partial charge in [-0.15, -0.1) is 6.58 Å². The van der Waals surface area contributed by atoms with Gasteiger partial charge in [-0.3, -0.25) is 43.2 Å². The number of hydrogen-bond donors (Lipinski definition) is 21. The number of primary amides is 1. The summed E-state index contributed by atoms with van der Waals surface area (Å²) in [4.78, 5) is 130. The fourth-order valence-electron chi connectivity index (χ4n) is 13.5. The first kappa shape index (κ1) is 83.9. The van der Waals surface area contributed by atoms with Gasteiger partial charge in [0.05, 0.1) is 48.5 Å². The van der Waals surface area contributed by atoms with Crippen LogP contribution in [0.3, 0.4) is 0 Å². The second kappa shape index (κ2) is 35.6. The van der Waals surface area contributed by atoms with E-state index in [0.717, 1.165) is 84.4 Å². The molecule has 39 heteroatoms. The molecule has 0 saturated carbocycles. The highest BCUT2D eigenvalue weighted by atomic mass is 35.5. The predicted octanol–water partition coefficient (Wildman–Crippen LogP) is -0.306. The van der Waals surface area contributed by atoms with E-state index < -0.39 is 273 Å². The van der Waals surface area contributed by atoms with Crippen LogP contribution >= 0.6 is 23.2 Å². The van der Waals surface area contributed by atoms with E-state index in [0.29, 0.717) is 18.8 Å². The Hall–Kier alpha value is -11.0. The summed E-state index contributed by atoms with van der Waals surface area (Å²) in [6.45, 7) is 4.38. The first-order valence-corrected chi connectivity index (χ1v) is 36.1. The molecule has 6 aromatic rings. The van der Waals surface area contributed by atoms with Crippen LogP contribution in [0.15, 0.2) is 116 Å². The molecule has 114 heavy (non-hydrogen) atoms. The second-order valence-corrected chi connectivity index (χ2v) is 28.5. The van der Waals surface area contributed by atoms with Crippen molar-refractivity contribution in [2.24, 2.45) is 11.5 Å². The molecule has 0 radical (unpaired) electrons. The molecule has 37 nitrogen and oxygen atoms in total. The monoisotopic (exact) mass is 1620 g/mol. The van der Waals surface area contributed by atoms with E-state index in [2.05, 4.69) is 49.1 Å². The number of carboxylic acids is 1. The van der Waals surface area contributed by atoms with E-state index in [4.69, 9.17) is 67.8 Å². The maximum atomic E-state index is 16.2. The van der Waals surface area contributed by atoms with Gasteiger partial charge in [-0.1, -0.05) is 59.6 Å². The summed E-state index contributed by atoms with van der Waals surface area (Å²) in [6, 6.07) is 4.91. The lowest BCUT2D eigenvalue weighted by Crippen LogP contribution is -2.65. The first-order chi connectivity index (χ1) is 54.2. The molecule has 0 aliphatic carbocycles. The molecule has 2 saturated heterocycles. The van der Waals surface area contributed by atoms with Crippen molar-refractivity contribution in [1.29, 1.82) is 0 Å². The highest BCUT2D eigenvalue weighted by Gasteiger charge is 2.52. The van der Waals surface area contributed by atoms with Crippen LogP contribution in [0.4, 0.5) is 0 Å². The number of nitrogens with two attached hydrogens (primary N) is 2. The van der Waals surface area contributed by atoms with Gasteiger partial charge < -0.3 is 143 Å². The number of aromatic hydroxyl groups is 3. The molecule has 0 unspecified atom stereocenters. The lowest BCUT2D eigenvalue weighted by Gasteiger charge is -2.48. The number of hydrogen-bond acceptors (Lipinski definition) is 28. The van der Waals surface area contributed by atoms with Gasteiger partial charge in [-0.05, 0) is 120 Å². The molecular weight excluding hydrogens is 1540 g/mol. The minimum absolute atomic E-state index is 0.157. The molecule has 7 heterocycles. The Balaban J connectivity index is 1.12. The molecule has 608 valence electrons. The van der Waals surface area contributed by atoms with Gasteiger partial charge >= 0.3 is 5.97 Å². The number of carbonyl (C=O) groups excluding carboxylic acids is 8. The SMILES string of the molecule is C=CCCOc1cccc(CN[C@@]2(C)C[C@H](O[C@H]3[C@H](Oc4c5cc6cc4Oc4ccc(cc4Cl)[C@@H](O)[C@@H](NC(=O)[C@@H](N)CO)C(=O)N[C@@H](CC(N)=O)C(=O)N[C@H]6C(=O)N[C@H]4C(=O)N[C@H](C(=O)N[C@H](C(=O)NCC(=O)O)c6cc(O)cc(O)c6-c6cc4ccc6O)[C@H](O)c4ccc(c(Cl)c4)O5)O[C@H](CO)[C@@H](O)[C@@H]3O)O[C@@H](C)[C@H]2O)c1. The molecule has 0 aromatic heterocycles. The zero-order valence-corrected chi connectivity index (χ0v) is 61.9. The lowest BCUT2D eigenvalue weighted by molar-refractivity contribution is -0.334. The number of fused-ring (bicyclic) bond motifs is 15. The average molecular weight is 1630 g/mol. The van der Waals surface area contributed by atoms with Crippen LogP contribution < -0.4 is 72.9 Å². The standard InChI is InChI=1S/C75H82Cl2N10O27/c1-4-5-15-108-37-8-6-7-31(16-37)26-81-75(3)25-53(109-30(2)66(75)100)113-65-63(99)62(98)50(29-89)112-74(65)114-64-48-20-35-21-49(64)111-47-14-11-34(19-41(47)77)61(97)59-73(107)85-57(69(103)80-27-52(94)95)39-22-36(90)23-45(92)54(39)38-17-32(9-12-44(38)91)55(70(104)87-59)84-71(105)56(35)83-68(102)43(24-51(79)93)82-72(106)58(86-67(101)42(78)28-88)60(96)33-10-13-46(110-48)40(76)18-33/h4,6-14,16-23,30,42-43,50,53,55-63,65-66,74,81,88-92,96-100H,1,5,15,24-29,78H2,2-3H3,(H2,79,93)(H,80,103)(H,82,106)(H,83,102)(H,84,105)(H,85,107)(H,86,101)(H,87,104)(H,94,95)/t30-,42-,43-,50+,53-,55+,56+,57-,58+,59-,60+,61+,62+,63-,65+,66+,74-,75-/m0/s1. The Bertz CT molecular complexity index is 4720. The Labute approximate surface area is 657 Å². The maximum Gasteiger partial charge on any atom is 0.322 e. The first-order valence-electron chi connectivity index (χ1n) is 35.4. The molecule has 0 spiro atoms. The van der Waals surface area contributed by atoms with Crippen molar-refractivity contribution < 1.29 is 132 Å². The van der Waals surface area contributed by atoms with Gasteiger partial charge in [-0.25, -0.2) is 0 Å². The molecule has 6 aromatic carbocycles. The number of carbonyl (C=O) groups is 9. The minimum atomic E-state index is -2.42. The van der Waals surface area contributed by atoms with Crippen LogP contribution in [0.5, 0.6) is 51.7 Å². The number of ether oxygens (including phenoxy) is 7. The van der Waals surface area contributed by atoms with Crippen molar-refractivity contribution in [3.8, 4) is 62.9 Å². The number of halogens is 2. The quantitative estimate of drug-likeness (QED) is 0.0344. The van der Waals surface area contributed by atoms with Gasteiger partial charge in [-0.2, -0.15) is 0 Å². The molecule has 23 N–H and O–H groups in total. The third-order valence-electron chi connectivity index (χ3n) is 19.5. The molecule has 8 amide bonds. The fourth-order valence-corrected chi connectivity index (χ4v) is 13.9. The molecular formula is C75H82Cl2N10O27. The number of nitrogens with one attached hydrogen (secondary N) is 8. The van der Waals surface area contributed by atoms with Crippen LogP contribution in [0.1, 0.15) is 96.8 Å². The van der Waals surface area contributed by atoms with E-state index in [9.17, 15) is 80.1 Å². The summed E-state index contributed by atoms with van der Waals surface area (Å²) in [5.41, 5.74) is 7.88. The van der Waals surface area contributed by atoms with Crippen LogP contribution in [-0.4, -0.2) is 215 Å². The Morgan fingerprint density at radius 2 is 1.38 bits per heavy atom. The summed E-state index contributed by atoms with van der Waals surface area (Å²) in [7, 11) is 0. The predicted molar refractivity (Wildman–Crippen MR) is 394 cm³/mol. The zero-order valence-electron chi connectivity index (χ0n) is 60.4. The topological polar surface area (TPSA) is 589 Å². The van der Waals surface area contributed by atoms with Crippen LogP contribution in [0, 0.1) is 0 Å². The van der Waals surface area contributed by atoms with Crippen molar-refractivity contribution in [1.82, 2.24) is 42.5 Å². The summed E-state index contributed by atoms with van der Waals surface area (Å²) >= 11 is 14.2. The maximum absolute atomic E-state index is 16.2. The van der Waals surface area contributed by atoms with Crippen molar-refractivity contribution in [2.75, 3.05) is 26.4 Å². The number of rotatable bonds is 20. The molecule has 7 aliphatic rings. The van der Waals surface area contributed by atoms with E-state index in [1.807, 2.05) is 6.07 Å². The number of amides is 8. The van der Waals surface area contributed by atoms with Crippen LogP contribution in [-0.2, 0) is 63.9 Å². The van der Waals surface area contributed by atoms with Gasteiger partial charge in [0.25, 0.3) is 0 Å². The van der Waals surface area contributed by atoms with E-state index in [1.54, 1.807) is 38.1 Å². The van der Waals surface area contributed by atoms with E-state index in [1.165, 1.54) is 0 Å². The van der Waals surface area contributed by atoms with Crippen molar-refractivity contribution in [2.45, 2.75) is 149 Å². The minimum Gasteiger partial charge on any atom is -0.508 e. The van der Waals surface area contributed by atoms with Crippen LogP contribution in [0.2, 0.25) is 10.0 Å². The fraction of sp³-hybridized carbons (Fsp3) is 0.373. The second-order valence-electron chi connectivity index (χ2n) is 27.6. The highest BCUT2D eigenvalue weighted by molar-refractivity contribution is 6.32. The molecule has 7 aliphatic heterocycles. The largest absolute Gasteiger partial charge is 0.508 e. The van der Waals surface area contributed by atoms with E-state index >= 15 is 19.2 Å². The lowest BCUT2D eigenvalue weighted by atomic mass is 9.84. The number of phenolic OH excluding ortho intramolecular Hbond substituents is 3. The zero-order chi connectivity index (χ0) is 82.5. The van der Waals surface area contributed by atoms with Crippen LogP contribution in [0.25, 0.3) is 11.1 Å². The Kier molecular flexibility index (Phi) is 26.2. The third kappa shape index (κ3) is 18.6. The van der Waals surface area contributed by atoms with Crippen molar-refractivity contribution >= 4 is 76.4 Å². The summed E-state index contributed by atoms with van der Waals surface area (Å²) < 4.78 is 45.0. The molecule has 11 bridgehead atoms. The number of aliphatic hydroxyl groups is 7.